The Morgan fingerprint density at radius 3 is 2.94 bits per heavy atom. The molecular weight excluding hydrogens is 293 g/mol. The third-order valence-corrected chi connectivity index (χ3v) is 3.32. The smallest absolute Gasteiger partial charge is 0.233 e. The highest BCUT2D eigenvalue weighted by molar-refractivity contribution is 9.10. The first-order chi connectivity index (χ1) is 7.50. The highest BCUT2D eigenvalue weighted by atomic mass is 79.9. The Morgan fingerprint density at radius 1 is 1.56 bits per heavy atom. The normalized spacial score (nSPS) is 20.1. The summed E-state index contributed by atoms with van der Waals surface area (Å²) >= 11 is 9.44. The monoisotopic (exact) mass is 303 g/mol. The van der Waals surface area contributed by atoms with E-state index in [1.807, 2.05) is 13.0 Å². The van der Waals surface area contributed by atoms with Gasteiger partial charge < -0.3 is 9.64 Å². The minimum Gasteiger partial charge on any atom is -0.489 e. The molecule has 3 nitrogen and oxygen atoms in total. The molecule has 0 saturated heterocycles. The molecule has 0 N–H and O–H groups in total. The number of rotatable bonds is 0. The molecule has 0 saturated carbocycles. The van der Waals surface area contributed by atoms with Gasteiger partial charge in [-0.25, -0.2) is 0 Å². The molecule has 0 fully saturated rings. The quantitative estimate of drug-likeness (QED) is 0.737. The van der Waals surface area contributed by atoms with Crippen LogP contribution in [0.5, 0.6) is 5.75 Å². The molecule has 1 amide bonds. The van der Waals surface area contributed by atoms with Crippen molar-refractivity contribution >= 4 is 39.1 Å². The third-order valence-electron chi connectivity index (χ3n) is 2.58. The van der Waals surface area contributed by atoms with Gasteiger partial charge in [0.05, 0.1) is 23.2 Å². The number of amides is 1. The predicted molar refractivity (Wildman–Crippen MR) is 67.2 cm³/mol. The lowest BCUT2D eigenvalue weighted by Crippen LogP contribution is -2.31. The van der Waals surface area contributed by atoms with Gasteiger partial charge in [-0.2, -0.15) is 0 Å². The third kappa shape index (κ3) is 1.92. The number of hydrogen-bond acceptors (Lipinski definition) is 2. The van der Waals surface area contributed by atoms with Crippen molar-refractivity contribution in [2.45, 2.75) is 6.92 Å². The Hall–Kier alpha value is -0.740. The first-order valence-electron chi connectivity index (χ1n) is 4.90. The molecule has 1 aromatic rings. The maximum Gasteiger partial charge on any atom is 0.233 e. The lowest BCUT2D eigenvalue weighted by atomic mass is 10.2. The van der Waals surface area contributed by atoms with Gasteiger partial charge in [0.1, 0.15) is 0 Å². The summed E-state index contributed by atoms with van der Waals surface area (Å²) in [6.45, 7) is 2.20. The number of anilines is 1. The zero-order chi connectivity index (χ0) is 11.9. The lowest BCUT2D eigenvalue weighted by molar-refractivity contribution is -0.122. The van der Waals surface area contributed by atoms with Gasteiger partial charge in [0.25, 0.3) is 0 Å². The Bertz CT molecular complexity index is 450. The van der Waals surface area contributed by atoms with Crippen LogP contribution in [0.15, 0.2) is 16.6 Å². The van der Waals surface area contributed by atoms with Gasteiger partial charge >= 0.3 is 0 Å². The van der Waals surface area contributed by atoms with Crippen molar-refractivity contribution in [1.82, 2.24) is 0 Å². The molecule has 0 bridgehead atoms. The molecule has 0 aliphatic carbocycles. The Balaban J connectivity index is 2.57. The van der Waals surface area contributed by atoms with Gasteiger partial charge in [0, 0.05) is 11.5 Å². The van der Waals surface area contributed by atoms with E-state index in [4.69, 9.17) is 16.3 Å². The average molecular weight is 305 g/mol. The van der Waals surface area contributed by atoms with Crippen molar-refractivity contribution < 1.29 is 9.53 Å². The number of ether oxygens (including phenoxy) is 1. The largest absolute Gasteiger partial charge is 0.489 e. The van der Waals surface area contributed by atoms with Gasteiger partial charge in [-0.3, -0.25) is 4.79 Å². The first kappa shape index (κ1) is 11.7. The summed E-state index contributed by atoms with van der Waals surface area (Å²) < 4.78 is 6.40. The van der Waals surface area contributed by atoms with Gasteiger partial charge in [-0.05, 0) is 12.1 Å². The maximum atomic E-state index is 11.9. The van der Waals surface area contributed by atoms with Crippen LogP contribution in [0.3, 0.4) is 0 Å². The van der Waals surface area contributed by atoms with Crippen molar-refractivity contribution in [2.24, 2.45) is 5.92 Å². The van der Waals surface area contributed by atoms with E-state index >= 15 is 0 Å². The van der Waals surface area contributed by atoms with E-state index < -0.39 is 0 Å². The lowest BCUT2D eigenvalue weighted by Gasteiger charge is -2.18. The van der Waals surface area contributed by atoms with Crippen LogP contribution in [0.2, 0.25) is 5.02 Å². The number of halogens is 2. The van der Waals surface area contributed by atoms with Crippen LogP contribution in [0.25, 0.3) is 0 Å². The molecule has 16 heavy (non-hydrogen) atoms. The Labute approximate surface area is 107 Å². The fourth-order valence-corrected chi connectivity index (χ4v) is 2.51. The van der Waals surface area contributed by atoms with Gasteiger partial charge in [-0.15, -0.1) is 0 Å². The molecule has 0 aromatic heterocycles. The molecular formula is C11H11BrClNO2. The molecule has 86 valence electrons. The molecule has 1 aromatic carbocycles. The molecule has 1 heterocycles. The van der Waals surface area contributed by atoms with E-state index in [0.29, 0.717) is 23.1 Å². The maximum absolute atomic E-state index is 11.9. The zero-order valence-corrected chi connectivity index (χ0v) is 11.3. The number of carbonyl (C=O) groups excluding carboxylic acids is 1. The van der Waals surface area contributed by atoms with E-state index in [1.165, 1.54) is 0 Å². The van der Waals surface area contributed by atoms with Crippen LogP contribution >= 0.6 is 27.5 Å². The molecule has 5 heteroatoms. The molecule has 1 aliphatic rings. The van der Waals surface area contributed by atoms with E-state index in [0.717, 1.165) is 4.47 Å². The number of fused-ring (bicyclic) bond motifs is 1. The van der Waals surface area contributed by atoms with Crippen molar-refractivity contribution in [3.63, 3.8) is 0 Å². The van der Waals surface area contributed by atoms with Crippen molar-refractivity contribution in [3.05, 3.63) is 21.6 Å². The van der Waals surface area contributed by atoms with Gasteiger partial charge in [0.15, 0.2) is 5.75 Å². The Kier molecular flexibility index (Phi) is 3.13. The Morgan fingerprint density at radius 2 is 2.25 bits per heavy atom. The summed E-state index contributed by atoms with van der Waals surface area (Å²) in [6.07, 6.45) is 0. The highest BCUT2D eigenvalue weighted by Crippen LogP contribution is 2.40. The number of hydrogen-bond donors (Lipinski definition) is 0. The average Bonchev–Trinajstić information content (AvgIpc) is 2.32. The van der Waals surface area contributed by atoms with E-state index in [-0.39, 0.29) is 11.8 Å². The fraction of sp³-hybridized carbons (Fsp3) is 0.364. The summed E-state index contributed by atoms with van der Waals surface area (Å²) in [5, 5.41) is 0.512. The van der Waals surface area contributed by atoms with Crippen LogP contribution in [0.1, 0.15) is 6.92 Å². The van der Waals surface area contributed by atoms with Crippen LogP contribution < -0.4 is 9.64 Å². The second kappa shape index (κ2) is 4.26. The highest BCUT2D eigenvalue weighted by Gasteiger charge is 2.27. The molecule has 1 atom stereocenters. The summed E-state index contributed by atoms with van der Waals surface area (Å²) in [7, 11) is 1.73. The number of benzene rings is 1. The van der Waals surface area contributed by atoms with E-state index in [2.05, 4.69) is 15.9 Å². The number of nitrogens with zero attached hydrogens (tertiary/aromatic N) is 1. The molecule has 2 rings (SSSR count). The summed E-state index contributed by atoms with van der Waals surface area (Å²) in [4.78, 5) is 13.5. The van der Waals surface area contributed by atoms with E-state index in [9.17, 15) is 4.79 Å². The predicted octanol–water partition coefficient (Wildman–Crippen LogP) is 3.09. The van der Waals surface area contributed by atoms with Crippen LogP contribution in [-0.2, 0) is 4.79 Å². The van der Waals surface area contributed by atoms with Gasteiger partial charge in [0.2, 0.25) is 5.91 Å². The number of carbonyl (C=O) groups is 1. The van der Waals surface area contributed by atoms with Crippen LogP contribution in [-0.4, -0.2) is 19.6 Å². The topological polar surface area (TPSA) is 29.5 Å². The summed E-state index contributed by atoms with van der Waals surface area (Å²) in [6, 6.07) is 3.59. The molecule has 1 aliphatic heterocycles. The van der Waals surface area contributed by atoms with Crippen molar-refractivity contribution in [3.8, 4) is 5.75 Å². The van der Waals surface area contributed by atoms with Gasteiger partial charge in [-0.1, -0.05) is 34.5 Å². The van der Waals surface area contributed by atoms with Crippen molar-refractivity contribution in [1.29, 1.82) is 0 Å². The summed E-state index contributed by atoms with van der Waals surface area (Å²) in [5.41, 5.74) is 0.703. The summed E-state index contributed by atoms with van der Waals surface area (Å²) in [5.74, 6) is 0.449. The van der Waals surface area contributed by atoms with Crippen LogP contribution in [0.4, 0.5) is 5.69 Å². The first-order valence-corrected chi connectivity index (χ1v) is 6.07. The second-order valence-corrected chi connectivity index (χ2v) is 5.17. The van der Waals surface area contributed by atoms with E-state index in [1.54, 1.807) is 18.0 Å². The standard InChI is InChI=1S/C11H11BrClNO2/c1-6-5-16-10-8(13)3-7(12)4-9(10)14(2)11(6)15/h3-4,6H,5H2,1-2H3. The molecule has 0 radical (unpaired) electrons. The molecule has 1 unspecified atom stereocenters. The minimum atomic E-state index is -0.160. The fourth-order valence-electron chi connectivity index (χ4n) is 1.67. The molecule has 0 spiro atoms. The second-order valence-electron chi connectivity index (χ2n) is 3.85. The van der Waals surface area contributed by atoms with Crippen molar-refractivity contribution in [2.75, 3.05) is 18.6 Å². The van der Waals surface area contributed by atoms with Crippen LogP contribution in [0, 0.1) is 5.92 Å². The zero-order valence-electron chi connectivity index (χ0n) is 8.96. The minimum absolute atomic E-state index is 0.0351. The SMILES string of the molecule is CC1COc2c(Cl)cc(Br)cc2N(C)C1=O.